The van der Waals surface area contributed by atoms with E-state index in [1.54, 1.807) is 4.90 Å². The Kier molecular flexibility index (Phi) is 5.43. The van der Waals surface area contributed by atoms with E-state index in [0.29, 0.717) is 31.1 Å². The van der Waals surface area contributed by atoms with Gasteiger partial charge in [0, 0.05) is 43.9 Å². The van der Waals surface area contributed by atoms with E-state index < -0.39 is 0 Å². The first-order valence-electron chi connectivity index (χ1n) is 9.79. The number of anilines is 1. The summed E-state index contributed by atoms with van der Waals surface area (Å²) in [6, 6.07) is 7.60. The van der Waals surface area contributed by atoms with Gasteiger partial charge in [-0.25, -0.2) is 9.37 Å². The van der Waals surface area contributed by atoms with Gasteiger partial charge in [0.15, 0.2) is 0 Å². The molecule has 6 heteroatoms. The number of carbonyl (C=O) groups excluding carboxylic acids is 1. The third-order valence-corrected chi connectivity index (χ3v) is 5.56. The van der Waals surface area contributed by atoms with Crippen LogP contribution in [-0.4, -0.2) is 47.0 Å². The lowest BCUT2D eigenvalue weighted by atomic mass is 10.0. The number of hydrogen-bond acceptors (Lipinski definition) is 4. The Hall–Kier alpha value is -2.34. The van der Waals surface area contributed by atoms with Gasteiger partial charge in [-0.15, -0.1) is 0 Å². The van der Waals surface area contributed by atoms with Gasteiger partial charge in [-0.05, 0) is 56.0 Å². The first-order chi connectivity index (χ1) is 13.2. The minimum absolute atomic E-state index is 0.0954. The first kappa shape index (κ1) is 18.0. The summed E-state index contributed by atoms with van der Waals surface area (Å²) in [6.45, 7) is 3.50. The molecule has 2 saturated heterocycles. The fraction of sp³-hybridized carbons (Fsp3) is 0.476. The summed E-state index contributed by atoms with van der Waals surface area (Å²) >= 11 is 0. The van der Waals surface area contributed by atoms with E-state index in [2.05, 4.69) is 20.9 Å². The van der Waals surface area contributed by atoms with Crippen molar-refractivity contribution < 1.29 is 9.18 Å². The Bertz CT molecular complexity index is 798. The minimum atomic E-state index is -0.342. The van der Waals surface area contributed by atoms with Crippen molar-refractivity contribution in [3.8, 4) is 0 Å². The normalized spacial score (nSPS) is 21.0. The maximum atomic E-state index is 13.8. The number of rotatable bonds is 5. The zero-order chi connectivity index (χ0) is 18.6. The van der Waals surface area contributed by atoms with Crippen molar-refractivity contribution in [3.63, 3.8) is 0 Å². The average molecular weight is 368 g/mol. The van der Waals surface area contributed by atoms with Gasteiger partial charge < -0.3 is 4.90 Å². The topological polar surface area (TPSA) is 49.3 Å². The molecule has 4 heterocycles. The highest BCUT2D eigenvalue weighted by atomic mass is 19.1. The van der Waals surface area contributed by atoms with Crippen molar-refractivity contribution in [2.45, 2.75) is 38.0 Å². The lowest BCUT2D eigenvalue weighted by Gasteiger charge is -2.28. The predicted molar refractivity (Wildman–Crippen MR) is 102 cm³/mol. The number of amides is 1. The molecular weight excluding hydrogens is 343 g/mol. The SMILES string of the molecule is O=C1CCCCN1c1ncc(F)cc1CCN1CCC(c2ccccn2)C1. The minimum Gasteiger partial charge on any atom is -0.302 e. The van der Waals surface area contributed by atoms with Gasteiger partial charge in [-0.1, -0.05) is 6.07 Å². The maximum Gasteiger partial charge on any atom is 0.228 e. The summed E-state index contributed by atoms with van der Waals surface area (Å²) in [5.74, 6) is 0.852. The van der Waals surface area contributed by atoms with Gasteiger partial charge in [0.2, 0.25) is 5.91 Å². The highest BCUT2D eigenvalue weighted by Gasteiger charge is 2.26. The zero-order valence-corrected chi connectivity index (χ0v) is 15.5. The molecule has 5 nitrogen and oxygen atoms in total. The van der Waals surface area contributed by atoms with Crippen LogP contribution in [0.1, 0.15) is 42.9 Å². The van der Waals surface area contributed by atoms with E-state index in [9.17, 15) is 9.18 Å². The molecule has 2 aromatic rings. The molecule has 2 aliphatic rings. The monoisotopic (exact) mass is 368 g/mol. The Balaban J connectivity index is 1.42. The molecular formula is C21H25FN4O. The molecule has 1 unspecified atom stereocenters. The van der Waals surface area contributed by atoms with Crippen LogP contribution < -0.4 is 4.90 Å². The van der Waals surface area contributed by atoms with E-state index in [4.69, 9.17) is 0 Å². The molecule has 0 radical (unpaired) electrons. The number of nitrogens with zero attached hydrogens (tertiary/aromatic N) is 4. The summed E-state index contributed by atoms with van der Waals surface area (Å²) in [7, 11) is 0. The molecule has 0 aliphatic carbocycles. The van der Waals surface area contributed by atoms with Crippen molar-refractivity contribution in [2.75, 3.05) is 31.1 Å². The van der Waals surface area contributed by atoms with Gasteiger partial charge in [0.1, 0.15) is 11.6 Å². The van der Waals surface area contributed by atoms with Crippen LogP contribution in [0.4, 0.5) is 10.2 Å². The number of hydrogen-bond donors (Lipinski definition) is 0. The summed E-state index contributed by atoms with van der Waals surface area (Å²) in [4.78, 5) is 25.1. The van der Waals surface area contributed by atoms with Crippen LogP contribution in [0.5, 0.6) is 0 Å². The quantitative estimate of drug-likeness (QED) is 0.813. The van der Waals surface area contributed by atoms with Crippen molar-refractivity contribution in [1.29, 1.82) is 0 Å². The van der Waals surface area contributed by atoms with E-state index in [1.807, 2.05) is 18.3 Å². The zero-order valence-electron chi connectivity index (χ0n) is 15.5. The summed E-state index contributed by atoms with van der Waals surface area (Å²) in [5, 5.41) is 0. The van der Waals surface area contributed by atoms with Crippen molar-refractivity contribution in [3.05, 3.63) is 53.7 Å². The number of halogens is 1. The van der Waals surface area contributed by atoms with Gasteiger partial charge in [0.25, 0.3) is 0 Å². The number of piperidine rings is 1. The predicted octanol–water partition coefficient (Wildman–Crippen LogP) is 3.16. The lowest BCUT2D eigenvalue weighted by Crippen LogP contribution is -2.37. The summed E-state index contributed by atoms with van der Waals surface area (Å²) in [6.07, 6.45) is 7.30. The molecule has 2 aliphatic heterocycles. The maximum absolute atomic E-state index is 13.8. The second-order valence-electron chi connectivity index (χ2n) is 7.43. The standard InChI is InChI=1S/C21H25FN4O/c22-18-13-16(21(24-14-18)26-10-4-2-6-20(26)27)7-11-25-12-8-17(15-25)19-5-1-3-9-23-19/h1,3,5,9,13-14,17H,2,4,6-8,10-12,15H2. The van der Waals surface area contributed by atoms with Gasteiger partial charge >= 0.3 is 0 Å². The fourth-order valence-corrected chi connectivity index (χ4v) is 4.10. The number of pyridine rings is 2. The second kappa shape index (κ2) is 8.13. The van der Waals surface area contributed by atoms with Crippen LogP contribution >= 0.6 is 0 Å². The van der Waals surface area contributed by atoms with Crippen LogP contribution in [0.3, 0.4) is 0 Å². The van der Waals surface area contributed by atoms with Gasteiger partial charge in [-0.2, -0.15) is 0 Å². The van der Waals surface area contributed by atoms with Crippen LogP contribution in [0.2, 0.25) is 0 Å². The van der Waals surface area contributed by atoms with Crippen LogP contribution in [-0.2, 0) is 11.2 Å². The second-order valence-corrected chi connectivity index (χ2v) is 7.43. The third-order valence-electron chi connectivity index (χ3n) is 5.56. The van der Waals surface area contributed by atoms with Crippen molar-refractivity contribution in [2.24, 2.45) is 0 Å². The van der Waals surface area contributed by atoms with E-state index in [0.717, 1.165) is 50.2 Å². The molecule has 4 rings (SSSR count). The highest BCUT2D eigenvalue weighted by molar-refractivity contribution is 5.93. The molecule has 2 aromatic heterocycles. The molecule has 0 N–H and O–H groups in total. The lowest BCUT2D eigenvalue weighted by molar-refractivity contribution is -0.119. The van der Waals surface area contributed by atoms with Crippen molar-refractivity contribution >= 4 is 11.7 Å². The molecule has 0 bridgehead atoms. The van der Waals surface area contributed by atoms with E-state index in [-0.39, 0.29) is 11.7 Å². The Morgan fingerprint density at radius 3 is 2.93 bits per heavy atom. The molecule has 27 heavy (non-hydrogen) atoms. The Labute approximate surface area is 159 Å². The van der Waals surface area contributed by atoms with E-state index in [1.165, 1.54) is 12.3 Å². The molecule has 142 valence electrons. The Morgan fingerprint density at radius 2 is 2.11 bits per heavy atom. The van der Waals surface area contributed by atoms with E-state index >= 15 is 0 Å². The number of aromatic nitrogens is 2. The number of carbonyl (C=O) groups is 1. The molecule has 1 atom stereocenters. The van der Waals surface area contributed by atoms with Crippen molar-refractivity contribution in [1.82, 2.24) is 14.9 Å². The molecule has 0 spiro atoms. The molecule has 2 fully saturated rings. The summed E-state index contributed by atoms with van der Waals surface area (Å²) < 4.78 is 13.8. The first-order valence-corrected chi connectivity index (χ1v) is 9.79. The van der Waals surface area contributed by atoms with Crippen LogP contribution in [0.25, 0.3) is 0 Å². The molecule has 0 aromatic carbocycles. The summed E-state index contributed by atoms with van der Waals surface area (Å²) in [5.41, 5.74) is 1.97. The highest BCUT2D eigenvalue weighted by Crippen LogP contribution is 2.27. The molecule has 1 amide bonds. The van der Waals surface area contributed by atoms with Gasteiger partial charge in [0.05, 0.1) is 6.20 Å². The largest absolute Gasteiger partial charge is 0.302 e. The van der Waals surface area contributed by atoms with Crippen LogP contribution in [0.15, 0.2) is 36.7 Å². The Morgan fingerprint density at radius 1 is 1.19 bits per heavy atom. The average Bonchev–Trinajstić information content (AvgIpc) is 3.17. The number of likely N-dealkylation sites (tertiary alicyclic amines) is 1. The van der Waals surface area contributed by atoms with Gasteiger partial charge in [-0.3, -0.25) is 14.7 Å². The third kappa shape index (κ3) is 4.16. The molecule has 0 saturated carbocycles. The van der Waals surface area contributed by atoms with Crippen LogP contribution in [0, 0.1) is 5.82 Å². The smallest absolute Gasteiger partial charge is 0.228 e. The fourth-order valence-electron chi connectivity index (χ4n) is 4.10.